The van der Waals surface area contributed by atoms with Gasteiger partial charge < -0.3 is 18.6 Å². The van der Waals surface area contributed by atoms with Crippen molar-refractivity contribution in [1.29, 1.82) is 0 Å². The third-order valence-corrected chi connectivity index (χ3v) is 6.02. The number of carbonyl (C=O) groups excluding carboxylic acids is 3. The van der Waals surface area contributed by atoms with E-state index in [0.29, 0.717) is 34.8 Å². The van der Waals surface area contributed by atoms with Gasteiger partial charge in [-0.15, -0.1) is 0 Å². The third kappa shape index (κ3) is 4.20. The molecule has 0 aromatic carbocycles. The molecule has 0 radical (unpaired) electrons. The van der Waals surface area contributed by atoms with Gasteiger partial charge in [0.15, 0.2) is 5.78 Å². The molecular formula is C23H30N2O5. The highest BCUT2D eigenvalue weighted by Gasteiger charge is 2.32. The van der Waals surface area contributed by atoms with Gasteiger partial charge in [-0.3, -0.25) is 9.59 Å². The Hall–Kier alpha value is -2.83. The zero-order chi connectivity index (χ0) is 21.8. The molecule has 7 heteroatoms. The summed E-state index contributed by atoms with van der Waals surface area (Å²) >= 11 is 0. The van der Waals surface area contributed by atoms with Crippen molar-refractivity contribution < 1.29 is 23.5 Å². The second-order valence-corrected chi connectivity index (χ2v) is 7.85. The zero-order valence-corrected chi connectivity index (χ0v) is 18.2. The average molecular weight is 415 g/mol. The molecule has 2 aromatic heterocycles. The predicted octanol–water partition coefficient (Wildman–Crippen LogP) is 3.91. The van der Waals surface area contributed by atoms with Crippen LogP contribution >= 0.6 is 0 Å². The van der Waals surface area contributed by atoms with Crippen molar-refractivity contribution in [2.24, 2.45) is 5.92 Å². The van der Waals surface area contributed by atoms with Crippen LogP contribution in [0, 0.1) is 19.8 Å². The minimum Gasteiger partial charge on any atom is -0.467 e. The molecule has 1 saturated carbocycles. The van der Waals surface area contributed by atoms with Crippen molar-refractivity contribution in [3.63, 3.8) is 0 Å². The highest BCUT2D eigenvalue weighted by molar-refractivity contribution is 6.04. The first kappa shape index (κ1) is 21.9. The van der Waals surface area contributed by atoms with Gasteiger partial charge in [-0.25, -0.2) is 4.79 Å². The number of ketones is 1. The molecule has 1 fully saturated rings. The van der Waals surface area contributed by atoms with Gasteiger partial charge in [-0.1, -0.05) is 12.8 Å². The van der Waals surface area contributed by atoms with Crippen LogP contribution in [0.15, 0.2) is 22.8 Å². The largest absolute Gasteiger partial charge is 0.467 e. The Labute approximate surface area is 177 Å². The van der Waals surface area contributed by atoms with E-state index in [0.717, 1.165) is 25.7 Å². The third-order valence-electron chi connectivity index (χ3n) is 6.02. The fraction of sp³-hybridized carbons (Fsp3) is 0.522. The molecule has 2 heterocycles. The molecule has 30 heavy (non-hydrogen) atoms. The van der Waals surface area contributed by atoms with E-state index in [9.17, 15) is 14.4 Å². The highest BCUT2D eigenvalue weighted by Crippen LogP contribution is 2.28. The quantitative estimate of drug-likeness (QED) is 0.483. The van der Waals surface area contributed by atoms with E-state index in [1.807, 2.05) is 13.8 Å². The van der Waals surface area contributed by atoms with Crippen LogP contribution in [0.1, 0.15) is 70.5 Å². The number of Topliss-reactive ketones (excluding diaryl/α,β-unsaturated/α-hetero) is 1. The van der Waals surface area contributed by atoms with Gasteiger partial charge in [0.1, 0.15) is 11.5 Å². The molecule has 1 amide bonds. The van der Waals surface area contributed by atoms with Crippen LogP contribution in [0.4, 0.5) is 0 Å². The number of carbonyl (C=O) groups is 3. The van der Waals surface area contributed by atoms with Gasteiger partial charge in [0.2, 0.25) is 5.91 Å². The summed E-state index contributed by atoms with van der Waals surface area (Å²) in [5, 5.41) is 0. The summed E-state index contributed by atoms with van der Waals surface area (Å²) in [5.41, 5.74) is 2.19. The molecule has 0 unspecified atom stereocenters. The molecule has 3 rings (SSSR count). The second kappa shape index (κ2) is 9.32. The molecule has 162 valence electrons. The minimum atomic E-state index is -0.467. The highest BCUT2D eigenvalue weighted by atomic mass is 16.5. The maximum Gasteiger partial charge on any atom is 0.354 e. The molecule has 0 aliphatic heterocycles. The number of rotatable bonds is 8. The molecule has 0 saturated heterocycles. The lowest BCUT2D eigenvalue weighted by Crippen LogP contribution is -2.38. The fourth-order valence-electron chi connectivity index (χ4n) is 4.55. The maximum absolute atomic E-state index is 13.3. The van der Waals surface area contributed by atoms with Crippen molar-refractivity contribution >= 4 is 17.7 Å². The van der Waals surface area contributed by atoms with Gasteiger partial charge in [0.25, 0.3) is 0 Å². The van der Waals surface area contributed by atoms with Crippen LogP contribution in [0.5, 0.6) is 0 Å². The monoisotopic (exact) mass is 414 g/mol. The van der Waals surface area contributed by atoms with E-state index in [4.69, 9.17) is 9.15 Å². The van der Waals surface area contributed by atoms with Crippen molar-refractivity contribution in [2.75, 3.05) is 13.7 Å². The number of esters is 1. The van der Waals surface area contributed by atoms with E-state index >= 15 is 0 Å². The van der Waals surface area contributed by atoms with E-state index in [1.54, 1.807) is 34.8 Å². The number of methoxy groups -OCH3 is 1. The Morgan fingerprint density at radius 3 is 2.50 bits per heavy atom. The first-order valence-corrected chi connectivity index (χ1v) is 10.5. The summed E-state index contributed by atoms with van der Waals surface area (Å²) in [6, 6.07) is 3.58. The van der Waals surface area contributed by atoms with Crippen LogP contribution < -0.4 is 0 Å². The van der Waals surface area contributed by atoms with E-state index in [1.165, 1.54) is 7.11 Å². The predicted molar refractivity (Wildman–Crippen MR) is 111 cm³/mol. The number of nitrogens with zero attached hydrogens (tertiary/aromatic N) is 2. The van der Waals surface area contributed by atoms with E-state index in [2.05, 4.69) is 0 Å². The molecule has 0 bridgehead atoms. The van der Waals surface area contributed by atoms with Gasteiger partial charge in [0.05, 0.1) is 26.5 Å². The van der Waals surface area contributed by atoms with Crippen LogP contribution in [-0.4, -0.2) is 40.8 Å². The van der Waals surface area contributed by atoms with Crippen LogP contribution in [0.25, 0.3) is 0 Å². The molecule has 1 aliphatic carbocycles. The molecule has 0 atom stereocenters. The summed E-state index contributed by atoms with van der Waals surface area (Å²) in [7, 11) is 1.33. The standard InChI is InChI=1S/C23H30N2O5/c1-5-25-16(3)20(15(2)21(25)23(28)29-4)19(26)14-24(13-18-11-8-12-30-18)22(27)17-9-6-7-10-17/h8,11-12,17H,5-7,9-10,13-14H2,1-4H3. The number of hydrogen-bond donors (Lipinski definition) is 0. The number of aromatic nitrogens is 1. The van der Waals surface area contributed by atoms with Crippen molar-refractivity contribution in [3.05, 3.63) is 46.7 Å². The summed E-state index contributed by atoms with van der Waals surface area (Å²) in [6.45, 7) is 6.25. The van der Waals surface area contributed by atoms with E-state index < -0.39 is 5.97 Å². The Bertz CT molecular complexity index is 920. The molecule has 1 aliphatic rings. The lowest BCUT2D eigenvalue weighted by Gasteiger charge is -2.24. The average Bonchev–Trinajstić information content (AvgIpc) is 3.47. The molecule has 7 nitrogen and oxygen atoms in total. The Morgan fingerprint density at radius 1 is 1.23 bits per heavy atom. The Kier molecular flexibility index (Phi) is 6.80. The molecule has 0 spiro atoms. The minimum absolute atomic E-state index is 0.00401. The summed E-state index contributed by atoms with van der Waals surface area (Å²) in [6.07, 6.45) is 5.36. The van der Waals surface area contributed by atoms with Crippen molar-refractivity contribution in [2.45, 2.75) is 59.5 Å². The lowest BCUT2D eigenvalue weighted by atomic mass is 10.0. The normalized spacial score (nSPS) is 14.1. The number of amides is 1. The van der Waals surface area contributed by atoms with Crippen LogP contribution in [0.3, 0.4) is 0 Å². The van der Waals surface area contributed by atoms with Gasteiger partial charge in [0, 0.05) is 23.7 Å². The topological polar surface area (TPSA) is 81.8 Å². The Morgan fingerprint density at radius 2 is 1.93 bits per heavy atom. The maximum atomic E-state index is 13.3. The summed E-state index contributed by atoms with van der Waals surface area (Å²) in [5.74, 6) is -0.0494. The first-order chi connectivity index (χ1) is 14.4. The second-order valence-electron chi connectivity index (χ2n) is 7.85. The van der Waals surface area contributed by atoms with Gasteiger partial charge in [-0.05, 0) is 51.3 Å². The van der Waals surface area contributed by atoms with Gasteiger partial charge in [-0.2, -0.15) is 0 Å². The van der Waals surface area contributed by atoms with Crippen LogP contribution in [-0.2, 0) is 22.6 Å². The van der Waals surface area contributed by atoms with E-state index in [-0.39, 0.29) is 30.7 Å². The zero-order valence-electron chi connectivity index (χ0n) is 18.2. The SMILES string of the molecule is CCn1c(C)c(C(=O)CN(Cc2ccco2)C(=O)C2CCCC2)c(C)c1C(=O)OC. The number of hydrogen-bond acceptors (Lipinski definition) is 5. The number of furan rings is 1. The van der Waals surface area contributed by atoms with Crippen LogP contribution in [0.2, 0.25) is 0 Å². The van der Waals surface area contributed by atoms with Crippen molar-refractivity contribution in [3.8, 4) is 0 Å². The first-order valence-electron chi connectivity index (χ1n) is 10.5. The number of ether oxygens (including phenoxy) is 1. The van der Waals surface area contributed by atoms with Gasteiger partial charge >= 0.3 is 5.97 Å². The van der Waals surface area contributed by atoms with Crippen molar-refractivity contribution in [1.82, 2.24) is 9.47 Å². The molecule has 0 N–H and O–H groups in total. The fourth-order valence-corrected chi connectivity index (χ4v) is 4.55. The Balaban J connectivity index is 1.91. The smallest absolute Gasteiger partial charge is 0.354 e. The molecular weight excluding hydrogens is 384 g/mol. The summed E-state index contributed by atoms with van der Waals surface area (Å²) in [4.78, 5) is 40.4. The molecule has 2 aromatic rings. The lowest BCUT2D eigenvalue weighted by molar-refractivity contribution is -0.135. The summed E-state index contributed by atoms with van der Waals surface area (Å²) < 4.78 is 12.1.